The molecule has 0 amide bonds. The van der Waals surface area contributed by atoms with Gasteiger partial charge in [0.25, 0.3) is 6.43 Å². The van der Waals surface area contributed by atoms with Gasteiger partial charge < -0.3 is 5.73 Å². The smallest absolute Gasteiger partial charge is 0.252 e. The molecule has 0 saturated heterocycles. The number of hydrogen-bond donors (Lipinski definition) is 1. The van der Waals surface area contributed by atoms with Crippen molar-refractivity contribution in [3.05, 3.63) is 23.8 Å². The number of alkyl halides is 2. The maximum absolute atomic E-state index is 13.5. The van der Waals surface area contributed by atoms with Gasteiger partial charge in [0.1, 0.15) is 16.4 Å². The summed E-state index contributed by atoms with van der Waals surface area (Å²) < 4.78 is 74.3. The molecule has 0 aliphatic rings. The number of rotatable bonds is 4. The normalized spacial score (nSPS) is 12.4. The molecule has 0 aliphatic carbocycles. The van der Waals surface area contributed by atoms with Crippen molar-refractivity contribution < 1.29 is 26.0 Å². The minimum absolute atomic E-state index is 0.271. The number of anilines is 1. The van der Waals surface area contributed by atoms with Crippen LogP contribution in [0.4, 0.5) is 23.2 Å². The fraction of sp³-hybridized carbons (Fsp3) is 0.333. The van der Waals surface area contributed by atoms with Crippen LogP contribution in [0, 0.1) is 11.6 Å². The average molecular weight is 286 g/mol. The molecule has 0 unspecified atom stereocenters. The summed E-state index contributed by atoms with van der Waals surface area (Å²) in [5, 5.41) is 0. The first-order valence-corrected chi connectivity index (χ1v) is 6.10. The van der Waals surface area contributed by atoms with E-state index in [0.29, 0.717) is 12.1 Å². The van der Waals surface area contributed by atoms with Crippen molar-refractivity contribution >= 4 is 15.7 Å². The van der Waals surface area contributed by atoms with Gasteiger partial charge in [0.2, 0.25) is 10.0 Å². The zero-order valence-electron chi connectivity index (χ0n) is 9.20. The molecule has 1 rings (SSSR count). The Morgan fingerprint density at radius 2 is 1.89 bits per heavy atom. The molecular formula is C9H10F4N2O2S. The topological polar surface area (TPSA) is 63.4 Å². The number of nitrogens with two attached hydrogens (primary N) is 1. The van der Waals surface area contributed by atoms with Gasteiger partial charge >= 0.3 is 0 Å². The zero-order chi connectivity index (χ0) is 14.1. The molecule has 0 spiro atoms. The molecule has 9 heteroatoms. The van der Waals surface area contributed by atoms with E-state index < -0.39 is 45.2 Å². The molecule has 0 aliphatic heterocycles. The molecule has 1 aromatic carbocycles. The van der Waals surface area contributed by atoms with Crippen LogP contribution >= 0.6 is 0 Å². The first kappa shape index (κ1) is 14.7. The third kappa shape index (κ3) is 2.72. The summed E-state index contributed by atoms with van der Waals surface area (Å²) in [6.45, 7) is -1.10. The number of benzene rings is 1. The van der Waals surface area contributed by atoms with Crippen LogP contribution in [0.3, 0.4) is 0 Å². The lowest BCUT2D eigenvalue weighted by atomic mass is 10.3. The zero-order valence-corrected chi connectivity index (χ0v) is 10.0. The Bertz CT molecular complexity index is 548. The highest BCUT2D eigenvalue weighted by atomic mass is 32.2. The quantitative estimate of drug-likeness (QED) is 0.673. The first-order valence-electron chi connectivity index (χ1n) is 4.66. The summed E-state index contributed by atoms with van der Waals surface area (Å²) in [6, 6.07) is 1.29. The van der Waals surface area contributed by atoms with Crippen molar-refractivity contribution in [1.82, 2.24) is 4.31 Å². The Balaban J connectivity index is 3.25. The monoisotopic (exact) mass is 286 g/mol. The van der Waals surface area contributed by atoms with E-state index >= 15 is 0 Å². The maximum atomic E-state index is 13.5. The van der Waals surface area contributed by atoms with Gasteiger partial charge in [-0.3, -0.25) is 0 Å². The summed E-state index contributed by atoms with van der Waals surface area (Å²) in [4.78, 5) is -0.940. The molecule has 2 N–H and O–H groups in total. The predicted octanol–water partition coefficient (Wildman–Crippen LogP) is 1.43. The van der Waals surface area contributed by atoms with E-state index in [4.69, 9.17) is 5.73 Å². The number of nitrogens with zero attached hydrogens (tertiary/aromatic N) is 1. The SMILES string of the molecule is CN(CC(F)F)S(=O)(=O)c1ccc(F)c(N)c1F. The fourth-order valence-corrected chi connectivity index (χ4v) is 2.43. The van der Waals surface area contributed by atoms with Gasteiger partial charge in [-0.1, -0.05) is 0 Å². The Kier molecular flexibility index (Phi) is 4.17. The molecule has 102 valence electrons. The van der Waals surface area contributed by atoms with E-state index in [9.17, 15) is 26.0 Å². The lowest BCUT2D eigenvalue weighted by molar-refractivity contribution is 0.126. The highest BCUT2D eigenvalue weighted by molar-refractivity contribution is 7.89. The van der Waals surface area contributed by atoms with Crippen LogP contribution in [0.15, 0.2) is 17.0 Å². The lowest BCUT2D eigenvalue weighted by Gasteiger charge is -2.17. The molecule has 0 fully saturated rings. The molecule has 18 heavy (non-hydrogen) atoms. The Labute approximate surface area is 101 Å². The summed E-state index contributed by atoms with van der Waals surface area (Å²) in [7, 11) is -3.61. The van der Waals surface area contributed by atoms with Crippen LogP contribution in [0.2, 0.25) is 0 Å². The van der Waals surface area contributed by atoms with E-state index in [-0.39, 0.29) is 4.31 Å². The van der Waals surface area contributed by atoms with Gasteiger partial charge in [0.05, 0.1) is 6.54 Å². The van der Waals surface area contributed by atoms with Crippen LogP contribution < -0.4 is 5.73 Å². The number of nitrogen functional groups attached to an aromatic ring is 1. The van der Waals surface area contributed by atoms with Gasteiger partial charge in [-0.2, -0.15) is 4.31 Å². The Morgan fingerprint density at radius 1 is 1.33 bits per heavy atom. The number of hydrogen-bond acceptors (Lipinski definition) is 3. The largest absolute Gasteiger partial charge is 0.394 e. The molecule has 0 heterocycles. The second-order valence-corrected chi connectivity index (χ2v) is 5.46. The predicted molar refractivity (Wildman–Crippen MR) is 56.6 cm³/mol. The second kappa shape index (κ2) is 5.11. The van der Waals surface area contributed by atoms with E-state index in [1.165, 1.54) is 0 Å². The minimum atomic E-state index is -4.47. The molecule has 0 bridgehead atoms. The first-order chi connectivity index (χ1) is 8.17. The highest BCUT2D eigenvalue weighted by Crippen LogP contribution is 2.25. The molecule has 0 saturated carbocycles. The number of halogens is 4. The third-order valence-corrected chi connectivity index (χ3v) is 4.02. The molecule has 0 aromatic heterocycles. The van der Waals surface area contributed by atoms with E-state index in [0.717, 1.165) is 7.05 Å². The Morgan fingerprint density at radius 3 is 2.39 bits per heavy atom. The summed E-state index contributed by atoms with van der Waals surface area (Å²) in [5.41, 5.74) is 4.03. The van der Waals surface area contributed by atoms with Crippen LogP contribution in [-0.4, -0.2) is 32.7 Å². The standard InChI is InChI=1S/C9H10F4N2O2S/c1-15(4-7(11)12)18(16,17)6-3-2-5(10)9(14)8(6)13/h2-3,7H,4,14H2,1H3. The van der Waals surface area contributed by atoms with E-state index in [2.05, 4.69) is 0 Å². The highest BCUT2D eigenvalue weighted by Gasteiger charge is 2.28. The Hall–Kier alpha value is -1.35. The molecular weight excluding hydrogens is 276 g/mol. The summed E-state index contributed by atoms with van der Waals surface area (Å²) >= 11 is 0. The van der Waals surface area contributed by atoms with Crippen molar-refractivity contribution in [3.8, 4) is 0 Å². The van der Waals surface area contributed by atoms with Gasteiger partial charge in [-0.15, -0.1) is 0 Å². The molecule has 1 aromatic rings. The maximum Gasteiger partial charge on any atom is 0.252 e. The third-order valence-electron chi connectivity index (χ3n) is 2.17. The number of sulfonamides is 1. The van der Waals surface area contributed by atoms with Crippen molar-refractivity contribution in [2.45, 2.75) is 11.3 Å². The van der Waals surface area contributed by atoms with Crippen molar-refractivity contribution in [2.75, 3.05) is 19.3 Å². The van der Waals surface area contributed by atoms with Gasteiger partial charge in [0.15, 0.2) is 5.82 Å². The minimum Gasteiger partial charge on any atom is -0.394 e. The van der Waals surface area contributed by atoms with Crippen molar-refractivity contribution in [1.29, 1.82) is 0 Å². The summed E-state index contributed by atoms with van der Waals surface area (Å²) in [5.74, 6) is -2.61. The molecule has 4 nitrogen and oxygen atoms in total. The summed E-state index contributed by atoms with van der Waals surface area (Å²) in [6.07, 6.45) is -2.91. The lowest BCUT2D eigenvalue weighted by Crippen LogP contribution is -2.32. The fourth-order valence-electron chi connectivity index (χ4n) is 1.21. The van der Waals surface area contributed by atoms with Crippen LogP contribution in [-0.2, 0) is 10.0 Å². The van der Waals surface area contributed by atoms with Crippen molar-refractivity contribution in [3.63, 3.8) is 0 Å². The molecule has 0 radical (unpaired) electrons. The van der Waals surface area contributed by atoms with Gasteiger partial charge in [-0.25, -0.2) is 26.0 Å². The van der Waals surface area contributed by atoms with Crippen LogP contribution in [0.5, 0.6) is 0 Å². The molecule has 0 atom stereocenters. The van der Waals surface area contributed by atoms with Gasteiger partial charge in [-0.05, 0) is 12.1 Å². The van der Waals surface area contributed by atoms with Crippen LogP contribution in [0.25, 0.3) is 0 Å². The van der Waals surface area contributed by atoms with Gasteiger partial charge in [0, 0.05) is 7.05 Å². The van der Waals surface area contributed by atoms with Crippen LogP contribution in [0.1, 0.15) is 0 Å². The van der Waals surface area contributed by atoms with E-state index in [1.54, 1.807) is 0 Å². The van der Waals surface area contributed by atoms with E-state index in [1.807, 2.05) is 0 Å². The average Bonchev–Trinajstić information content (AvgIpc) is 2.24. The second-order valence-electron chi connectivity index (χ2n) is 3.45. The van der Waals surface area contributed by atoms with Crippen molar-refractivity contribution in [2.24, 2.45) is 0 Å².